The highest BCUT2D eigenvalue weighted by Gasteiger charge is 2.12. The standard InChI is InChI=1S/C19H19BrN4O3/c1-3-24-12(2)21-16-10-13(4-9-17(16)24)19(26)23-22-18(25)11-27-15-7-5-14(20)6-8-15/h4-10H,3,11H2,1-2H3,(H,22,25)(H,23,26). The van der Waals surface area contributed by atoms with Crippen LogP contribution in [0.2, 0.25) is 0 Å². The lowest BCUT2D eigenvalue weighted by molar-refractivity contribution is -0.123. The van der Waals surface area contributed by atoms with Crippen molar-refractivity contribution in [3.63, 3.8) is 0 Å². The molecule has 0 saturated carbocycles. The van der Waals surface area contributed by atoms with E-state index in [1.807, 2.05) is 32.0 Å². The molecule has 7 nitrogen and oxygen atoms in total. The third kappa shape index (κ3) is 4.46. The van der Waals surface area contributed by atoms with E-state index in [4.69, 9.17) is 4.74 Å². The van der Waals surface area contributed by atoms with Gasteiger partial charge in [0.1, 0.15) is 11.6 Å². The molecule has 0 bridgehead atoms. The fourth-order valence-electron chi connectivity index (χ4n) is 2.71. The summed E-state index contributed by atoms with van der Waals surface area (Å²) in [7, 11) is 0. The number of ether oxygens (including phenoxy) is 1. The third-order valence-corrected chi connectivity index (χ3v) is 4.55. The van der Waals surface area contributed by atoms with Gasteiger partial charge in [0.2, 0.25) is 0 Å². The van der Waals surface area contributed by atoms with E-state index in [0.717, 1.165) is 27.9 Å². The van der Waals surface area contributed by atoms with Crippen molar-refractivity contribution in [2.75, 3.05) is 6.61 Å². The lowest BCUT2D eigenvalue weighted by Gasteiger charge is -2.09. The van der Waals surface area contributed by atoms with Crippen LogP contribution in [-0.2, 0) is 11.3 Å². The molecule has 3 rings (SSSR count). The van der Waals surface area contributed by atoms with E-state index in [0.29, 0.717) is 11.3 Å². The summed E-state index contributed by atoms with van der Waals surface area (Å²) in [5, 5.41) is 0. The SMILES string of the molecule is CCn1c(C)nc2cc(C(=O)NNC(=O)COc3ccc(Br)cc3)ccc21. The number of rotatable bonds is 5. The molecule has 2 aromatic carbocycles. The normalized spacial score (nSPS) is 10.6. The lowest BCUT2D eigenvalue weighted by atomic mass is 10.2. The van der Waals surface area contributed by atoms with Crippen molar-refractivity contribution in [1.82, 2.24) is 20.4 Å². The molecule has 0 saturated heterocycles. The molecular formula is C19H19BrN4O3. The van der Waals surface area contributed by atoms with Gasteiger partial charge in [0.25, 0.3) is 11.8 Å². The highest BCUT2D eigenvalue weighted by molar-refractivity contribution is 9.10. The van der Waals surface area contributed by atoms with E-state index in [9.17, 15) is 9.59 Å². The van der Waals surface area contributed by atoms with E-state index in [2.05, 4.69) is 36.3 Å². The minimum atomic E-state index is -0.460. The van der Waals surface area contributed by atoms with Crippen molar-refractivity contribution in [3.8, 4) is 5.75 Å². The van der Waals surface area contributed by atoms with Gasteiger partial charge in [-0.05, 0) is 56.3 Å². The summed E-state index contributed by atoms with van der Waals surface area (Å²) in [6.45, 7) is 4.57. The van der Waals surface area contributed by atoms with Crippen LogP contribution in [0.4, 0.5) is 0 Å². The monoisotopic (exact) mass is 430 g/mol. The van der Waals surface area contributed by atoms with Gasteiger partial charge >= 0.3 is 0 Å². The molecular weight excluding hydrogens is 412 g/mol. The Labute approximate surface area is 164 Å². The van der Waals surface area contributed by atoms with Crippen molar-refractivity contribution >= 4 is 38.8 Å². The van der Waals surface area contributed by atoms with E-state index < -0.39 is 11.8 Å². The van der Waals surface area contributed by atoms with Gasteiger partial charge in [0.05, 0.1) is 11.0 Å². The van der Waals surface area contributed by atoms with Gasteiger partial charge in [-0.25, -0.2) is 4.98 Å². The summed E-state index contributed by atoms with van der Waals surface area (Å²) in [6, 6.07) is 12.4. The number of hydrazine groups is 1. The molecule has 0 aliphatic rings. The van der Waals surface area contributed by atoms with Crippen LogP contribution in [0, 0.1) is 6.92 Å². The number of aryl methyl sites for hydroxylation is 2. The molecule has 0 fully saturated rings. The first-order valence-electron chi connectivity index (χ1n) is 8.42. The Bertz CT molecular complexity index is 983. The quantitative estimate of drug-likeness (QED) is 0.609. The molecule has 3 aromatic rings. The van der Waals surface area contributed by atoms with Crippen LogP contribution >= 0.6 is 15.9 Å². The molecule has 0 aliphatic carbocycles. The minimum Gasteiger partial charge on any atom is -0.484 e. The van der Waals surface area contributed by atoms with Crippen LogP contribution < -0.4 is 15.6 Å². The zero-order valence-corrected chi connectivity index (χ0v) is 16.5. The zero-order valence-electron chi connectivity index (χ0n) is 15.0. The fraction of sp³-hybridized carbons (Fsp3) is 0.211. The van der Waals surface area contributed by atoms with Crippen molar-refractivity contribution in [2.24, 2.45) is 0 Å². The number of benzene rings is 2. The van der Waals surface area contributed by atoms with Crippen LogP contribution in [0.1, 0.15) is 23.1 Å². The average molecular weight is 431 g/mol. The predicted molar refractivity (Wildman–Crippen MR) is 105 cm³/mol. The summed E-state index contributed by atoms with van der Waals surface area (Å²) < 4.78 is 8.34. The molecule has 1 heterocycles. The molecule has 0 unspecified atom stereocenters. The Morgan fingerprint density at radius 2 is 1.89 bits per heavy atom. The molecule has 1 aromatic heterocycles. The molecule has 0 radical (unpaired) electrons. The first kappa shape index (κ1) is 18.9. The molecule has 0 atom stereocenters. The number of hydrogen-bond acceptors (Lipinski definition) is 4. The largest absolute Gasteiger partial charge is 0.484 e. The van der Waals surface area contributed by atoms with Gasteiger partial charge in [-0.3, -0.25) is 20.4 Å². The number of imidazole rings is 1. The van der Waals surface area contributed by atoms with Gasteiger partial charge < -0.3 is 9.30 Å². The van der Waals surface area contributed by atoms with Crippen molar-refractivity contribution in [3.05, 3.63) is 58.3 Å². The third-order valence-electron chi connectivity index (χ3n) is 4.02. The number of carbonyl (C=O) groups excluding carboxylic acids is 2. The molecule has 140 valence electrons. The van der Waals surface area contributed by atoms with E-state index in [1.165, 1.54) is 0 Å². The summed E-state index contributed by atoms with van der Waals surface area (Å²) in [5.41, 5.74) is 6.85. The van der Waals surface area contributed by atoms with Gasteiger partial charge in [-0.2, -0.15) is 0 Å². The van der Waals surface area contributed by atoms with Gasteiger partial charge in [-0.1, -0.05) is 15.9 Å². The first-order valence-corrected chi connectivity index (χ1v) is 9.21. The minimum absolute atomic E-state index is 0.207. The number of amides is 2. The van der Waals surface area contributed by atoms with E-state index >= 15 is 0 Å². The van der Waals surface area contributed by atoms with Crippen LogP contribution in [0.3, 0.4) is 0 Å². The second-order valence-electron chi connectivity index (χ2n) is 5.85. The number of fused-ring (bicyclic) bond motifs is 1. The highest BCUT2D eigenvalue weighted by atomic mass is 79.9. The molecule has 2 N–H and O–H groups in total. The van der Waals surface area contributed by atoms with Crippen LogP contribution in [0.25, 0.3) is 11.0 Å². The first-order chi connectivity index (χ1) is 13.0. The molecule has 0 spiro atoms. The Balaban J connectivity index is 1.56. The van der Waals surface area contributed by atoms with Crippen LogP contribution in [-0.4, -0.2) is 28.0 Å². The Morgan fingerprint density at radius 3 is 2.59 bits per heavy atom. The number of halogens is 1. The summed E-state index contributed by atoms with van der Waals surface area (Å²) in [4.78, 5) is 28.6. The van der Waals surface area contributed by atoms with Crippen LogP contribution in [0.15, 0.2) is 46.9 Å². The van der Waals surface area contributed by atoms with Gasteiger partial charge in [0.15, 0.2) is 6.61 Å². The summed E-state index contributed by atoms with van der Waals surface area (Å²) >= 11 is 3.32. The summed E-state index contributed by atoms with van der Waals surface area (Å²) in [6.07, 6.45) is 0. The molecule has 8 heteroatoms. The Hall–Kier alpha value is -2.87. The van der Waals surface area contributed by atoms with E-state index in [1.54, 1.807) is 24.3 Å². The number of carbonyl (C=O) groups is 2. The zero-order chi connectivity index (χ0) is 19.4. The number of aromatic nitrogens is 2. The van der Waals surface area contributed by atoms with Crippen molar-refractivity contribution in [1.29, 1.82) is 0 Å². The van der Waals surface area contributed by atoms with Gasteiger partial charge in [0, 0.05) is 16.6 Å². The van der Waals surface area contributed by atoms with Crippen molar-refractivity contribution in [2.45, 2.75) is 20.4 Å². The fourth-order valence-corrected chi connectivity index (χ4v) is 2.97. The molecule has 0 aliphatic heterocycles. The molecule has 27 heavy (non-hydrogen) atoms. The second kappa shape index (κ2) is 8.22. The number of hydrogen-bond donors (Lipinski definition) is 2. The number of nitrogens with zero attached hydrogens (tertiary/aromatic N) is 2. The lowest BCUT2D eigenvalue weighted by Crippen LogP contribution is -2.43. The average Bonchev–Trinajstić information content (AvgIpc) is 2.99. The maximum Gasteiger partial charge on any atom is 0.276 e. The molecule has 2 amide bonds. The Morgan fingerprint density at radius 1 is 1.15 bits per heavy atom. The number of nitrogens with one attached hydrogen (secondary N) is 2. The van der Waals surface area contributed by atoms with Gasteiger partial charge in [-0.15, -0.1) is 0 Å². The summed E-state index contributed by atoms with van der Waals surface area (Å²) in [5.74, 6) is 0.575. The topological polar surface area (TPSA) is 85.3 Å². The maximum atomic E-state index is 12.3. The van der Waals surface area contributed by atoms with Crippen molar-refractivity contribution < 1.29 is 14.3 Å². The Kier molecular flexibility index (Phi) is 5.75. The maximum absolute atomic E-state index is 12.3. The van der Waals surface area contributed by atoms with E-state index in [-0.39, 0.29) is 6.61 Å². The highest BCUT2D eigenvalue weighted by Crippen LogP contribution is 2.18. The smallest absolute Gasteiger partial charge is 0.276 e. The second-order valence-corrected chi connectivity index (χ2v) is 6.77. The van der Waals surface area contributed by atoms with Crippen LogP contribution in [0.5, 0.6) is 5.75 Å². The predicted octanol–water partition coefficient (Wildman–Crippen LogP) is 2.97.